The normalized spacial score (nSPS) is 13.0. The van der Waals surface area contributed by atoms with Crippen molar-refractivity contribution < 1.29 is 9.13 Å². The number of rotatable bonds is 9. The molecule has 0 aromatic heterocycles. The van der Waals surface area contributed by atoms with Gasteiger partial charge in [-0.2, -0.15) is 0 Å². The summed E-state index contributed by atoms with van der Waals surface area (Å²) < 4.78 is 19.0. The highest BCUT2D eigenvalue weighted by molar-refractivity contribution is 5.80. The van der Waals surface area contributed by atoms with Crippen molar-refractivity contribution in [3.05, 3.63) is 35.1 Å². The molecule has 0 aliphatic heterocycles. The molecular formula is C18H30FN3O. The Bertz CT molecular complexity index is 491. The first-order chi connectivity index (χ1) is 11.1. The molecule has 0 fully saturated rings. The summed E-state index contributed by atoms with van der Waals surface area (Å²) in [6.45, 7) is 10.9. The number of nitrogens with zero attached hydrogens (tertiary/aromatic N) is 1. The monoisotopic (exact) mass is 323 g/mol. The minimum Gasteiger partial charge on any atom is -0.382 e. The van der Waals surface area contributed by atoms with Crippen LogP contribution in [0.25, 0.3) is 0 Å². The first-order valence-electron chi connectivity index (χ1n) is 8.47. The van der Waals surface area contributed by atoms with Crippen molar-refractivity contribution in [1.29, 1.82) is 0 Å². The molecule has 4 nitrogen and oxygen atoms in total. The highest BCUT2D eigenvalue weighted by atomic mass is 19.1. The zero-order chi connectivity index (χ0) is 17.1. The van der Waals surface area contributed by atoms with E-state index in [1.54, 1.807) is 19.1 Å². The Balaban J connectivity index is 2.54. The summed E-state index contributed by atoms with van der Waals surface area (Å²) in [5, 5.41) is 6.55. The Hall–Kier alpha value is -1.62. The molecule has 1 aromatic carbocycles. The van der Waals surface area contributed by atoms with Gasteiger partial charge in [-0.15, -0.1) is 0 Å². The Morgan fingerprint density at radius 3 is 2.74 bits per heavy atom. The zero-order valence-electron chi connectivity index (χ0n) is 14.8. The van der Waals surface area contributed by atoms with Gasteiger partial charge in [-0.25, -0.2) is 4.39 Å². The van der Waals surface area contributed by atoms with Gasteiger partial charge in [-0.3, -0.25) is 4.99 Å². The van der Waals surface area contributed by atoms with Gasteiger partial charge in [0.1, 0.15) is 5.82 Å². The number of halogens is 1. The van der Waals surface area contributed by atoms with E-state index in [2.05, 4.69) is 15.6 Å². The van der Waals surface area contributed by atoms with E-state index in [9.17, 15) is 4.39 Å². The van der Waals surface area contributed by atoms with Gasteiger partial charge in [0.15, 0.2) is 5.96 Å². The second-order valence-electron chi connectivity index (χ2n) is 5.54. The molecule has 1 atom stereocenters. The Morgan fingerprint density at radius 2 is 2.09 bits per heavy atom. The molecular weight excluding hydrogens is 293 g/mol. The molecule has 0 bridgehead atoms. The van der Waals surface area contributed by atoms with Crippen molar-refractivity contribution in [2.45, 2.75) is 46.6 Å². The molecule has 0 amide bonds. The molecule has 1 unspecified atom stereocenters. The molecule has 0 saturated carbocycles. The number of nitrogens with one attached hydrogen (secondary N) is 2. The Labute approximate surface area is 139 Å². The van der Waals surface area contributed by atoms with E-state index < -0.39 is 0 Å². The van der Waals surface area contributed by atoms with E-state index in [4.69, 9.17) is 4.74 Å². The van der Waals surface area contributed by atoms with Crippen LogP contribution >= 0.6 is 0 Å². The van der Waals surface area contributed by atoms with Crippen LogP contribution in [-0.2, 0) is 4.74 Å². The van der Waals surface area contributed by atoms with E-state index in [-0.39, 0.29) is 11.9 Å². The second-order valence-corrected chi connectivity index (χ2v) is 5.54. The lowest BCUT2D eigenvalue weighted by Crippen LogP contribution is -2.38. The van der Waals surface area contributed by atoms with Gasteiger partial charge >= 0.3 is 0 Å². The fraction of sp³-hybridized carbons (Fsp3) is 0.611. The number of guanidine groups is 1. The summed E-state index contributed by atoms with van der Waals surface area (Å²) in [4.78, 5) is 4.56. The molecule has 0 radical (unpaired) electrons. The maximum absolute atomic E-state index is 13.7. The van der Waals surface area contributed by atoms with Gasteiger partial charge in [0.25, 0.3) is 0 Å². The van der Waals surface area contributed by atoms with Crippen LogP contribution in [0.3, 0.4) is 0 Å². The van der Waals surface area contributed by atoms with Gasteiger partial charge in [-0.1, -0.05) is 12.1 Å². The third-order valence-electron chi connectivity index (χ3n) is 3.56. The van der Waals surface area contributed by atoms with E-state index in [1.807, 2.05) is 26.8 Å². The molecule has 0 aliphatic carbocycles. The highest BCUT2D eigenvalue weighted by Gasteiger charge is 2.09. The summed E-state index contributed by atoms with van der Waals surface area (Å²) in [5.41, 5.74) is 1.57. The quantitative estimate of drug-likeness (QED) is 0.415. The van der Waals surface area contributed by atoms with Crippen molar-refractivity contribution in [3.63, 3.8) is 0 Å². The summed E-state index contributed by atoms with van der Waals surface area (Å²) in [6.07, 6.45) is 2.00. The molecule has 130 valence electrons. The SMILES string of the molecule is CCNC(=NCCCCOCC)NC(C)c1ccc(C)c(F)c1. The number of aliphatic imine (C=N–C) groups is 1. The smallest absolute Gasteiger partial charge is 0.191 e. The highest BCUT2D eigenvalue weighted by Crippen LogP contribution is 2.16. The van der Waals surface area contributed by atoms with Gasteiger partial charge < -0.3 is 15.4 Å². The van der Waals surface area contributed by atoms with Crippen LogP contribution in [-0.4, -0.2) is 32.3 Å². The molecule has 0 heterocycles. The average Bonchev–Trinajstić information content (AvgIpc) is 2.53. The van der Waals surface area contributed by atoms with E-state index in [0.717, 1.165) is 50.7 Å². The molecule has 0 aliphatic rings. The van der Waals surface area contributed by atoms with Crippen molar-refractivity contribution in [2.75, 3.05) is 26.3 Å². The number of aryl methyl sites for hydroxylation is 1. The predicted octanol–water partition coefficient (Wildman–Crippen LogP) is 3.57. The van der Waals surface area contributed by atoms with Crippen LogP contribution < -0.4 is 10.6 Å². The fourth-order valence-electron chi connectivity index (χ4n) is 2.14. The van der Waals surface area contributed by atoms with Crippen LogP contribution in [0.15, 0.2) is 23.2 Å². The number of hydrogen-bond acceptors (Lipinski definition) is 2. The van der Waals surface area contributed by atoms with Crippen LogP contribution in [0, 0.1) is 12.7 Å². The molecule has 2 N–H and O–H groups in total. The maximum Gasteiger partial charge on any atom is 0.191 e. The first-order valence-corrected chi connectivity index (χ1v) is 8.47. The zero-order valence-corrected chi connectivity index (χ0v) is 14.8. The standard InChI is InChI=1S/C18H30FN3O/c1-5-20-18(21-11-7-8-12-23-6-2)22-15(4)16-10-9-14(3)17(19)13-16/h9-10,13,15H,5-8,11-12H2,1-4H3,(H2,20,21,22). The Kier molecular flexibility index (Phi) is 9.29. The van der Waals surface area contributed by atoms with Crippen LogP contribution in [0.4, 0.5) is 4.39 Å². The van der Waals surface area contributed by atoms with Gasteiger partial charge in [0, 0.05) is 26.3 Å². The lowest BCUT2D eigenvalue weighted by Gasteiger charge is -2.18. The molecule has 5 heteroatoms. The summed E-state index contributed by atoms with van der Waals surface area (Å²) in [6, 6.07) is 5.33. The number of hydrogen-bond donors (Lipinski definition) is 2. The second kappa shape index (κ2) is 11.0. The topological polar surface area (TPSA) is 45.7 Å². The number of benzene rings is 1. The van der Waals surface area contributed by atoms with E-state index in [1.165, 1.54) is 0 Å². The van der Waals surface area contributed by atoms with Crippen LogP contribution in [0.2, 0.25) is 0 Å². The Morgan fingerprint density at radius 1 is 1.30 bits per heavy atom. The van der Waals surface area contributed by atoms with Gasteiger partial charge in [-0.05, 0) is 57.7 Å². The number of unbranched alkanes of at least 4 members (excludes halogenated alkanes) is 1. The fourth-order valence-corrected chi connectivity index (χ4v) is 2.14. The minimum atomic E-state index is -0.172. The molecule has 1 rings (SSSR count). The predicted molar refractivity (Wildman–Crippen MR) is 94.4 cm³/mol. The summed E-state index contributed by atoms with van der Waals surface area (Å²) in [5.74, 6) is 0.589. The summed E-state index contributed by atoms with van der Waals surface area (Å²) >= 11 is 0. The lowest BCUT2D eigenvalue weighted by molar-refractivity contribution is 0.144. The molecule has 0 saturated heterocycles. The van der Waals surface area contributed by atoms with Crippen molar-refractivity contribution in [2.24, 2.45) is 4.99 Å². The number of ether oxygens (including phenoxy) is 1. The lowest BCUT2D eigenvalue weighted by atomic mass is 10.1. The third kappa shape index (κ3) is 7.46. The largest absolute Gasteiger partial charge is 0.382 e. The molecule has 23 heavy (non-hydrogen) atoms. The van der Waals surface area contributed by atoms with Crippen molar-refractivity contribution in [3.8, 4) is 0 Å². The van der Waals surface area contributed by atoms with Gasteiger partial charge in [0.2, 0.25) is 0 Å². The van der Waals surface area contributed by atoms with E-state index in [0.29, 0.717) is 5.56 Å². The van der Waals surface area contributed by atoms with Crippen molar-refractivity contribution >= 4 is 5.96 Å². The summed E-state index contributed by atoms with van der Waals surface area (Å²) in [7, 11) is 0. The van der Waals surface area contributed by atoms with Gasteiger partial charge in [0.05, 0.1) is 6.04 Å². The average molecular weight is 323 g/mol. The molecule has 0 spiro atoms. The third-order valence-corrected chi connectivity index (χ3v) is 3.56. The maximum atomic E-state index is 13.7. The minimum absolute atomic E-state index is 0.00803. The first kappa shape index (κ1) is 19.4. The van der Waals surface area contributed by atoms with Crippen LogP contribution in [0.1, 0.15) is 50.8 Å². The molecule has 1 aromatic rings. The van der Waals surface area contributed by atoms with E-state index >= 15 is 0 Å². The van der Waals surface area contributed by atoms with Crippen molar-refractivity contribution in [1.82, 2.24) is 10.6 Å². The van der Waals surface area contributed by atoms with Crippen LogP contribution in [0.5, 0.6) is 0 Å².